The summed E-state index contributed by atoms with van der Waals surface area (Å²) in [6, 6.07) is 21.9. The van der Waals surface area contributed by atoms with E-state index < -0.39 is 0 Å². The summed E-state index contributed by atoms with van der Waals surface area (Å²) in [6.45, 7) is 1.88. The van der Waals surface area contributed by atoms with Gasteiger partial charge in [-0.1, -0.05) is 54.1 Å². The third-order valence-corrected chi connectivity index (χ3v) is 5.34. The molecule has 0 N–H and O–H groups in total. The highest BCUT2D eigenvalue weighted by Gasteiger charge is 2.22. The molecule has 31 heavy (non-hydrogen) atoms. The first-order valence-electron chi connectivity index (χ1n) is 9.98. The highest BCUT2D eigenvalue weighted by molar-refractivity contribution is 6.30. The molecule has 0 fully saturated rings. The first-order valence-corrected chi connectivity index (χ1v) is 10.4. The van der Waals surface area contributed by atoms with Crippen molar-refractivity contribution in [3.8, 4) is 11.5 Å². The zero-order valence-corrected chi connectivity index (χ0v) is 17.5. The first kappa shape index (κ1) is 19.3. The van der Waals surface area contributed by atoms with Crippen molar-refractivity contribution in [3.05, 3.63) is 108 Å². The van der Waals surface area contributed by atoms with Crippen molar-refractivity contribution < 1.29 is 4.42 Å². The highest BCUT2D eigenvalue weighted by Crippen LogP contribution is 2.30. The fraction of sp³-hybridized carbons (Fsp3) is 0.125. The second kappa shape index (κ2) is 8.62. The van der Waals surface area contributed by atoms with E-state index in [9.17, 15) is 0 Å². The van der Waals surface area contributed by atoms with Crippen LogP contribution in [0.15, 0.2) is 90.1 Å². The maximum Gasteiger partial charge on any atom is 0.165 e. The molecule has 3 aromatic rings. The van der Waals surface area contributed by atoms with Crippen molar-refractivity contribution in [1.29, 1.82) is 0 Å². The largest absolute Gasteiger partial charge is 0.467 e. The molecule has 0 unspecified atom stereocenters. The summed E-state index contributed by atoms with van der Waals surface area (Å²) in [5, 5.41) is 0.713. The Labute approximate surface area is 185 Å². The van der Waals surface area contributed by atoms with E-state index in [1.807, 2.05) is 65.5 Å². The number of fused-ring (bicyclic) bond motifs is 1. The summed E-state index contributed by atoms with van der Waals surface area (Å²) in [6.07, 6.45) is 5.10. The van der Waals surface area contributed by atoms with Gasteiger partial charge in [-0.3, -0.25) is 0 Å². The first-order chi connectivity index (χ1) is 15.3. The van der Waals surface area contributed by atoms with Crippen molar-refractivity contribution in [2.45, 2.75) is 19.6 Å². The molecule has 5 rings (SSSR count). The quantitative estimate of drug-likeness (QED) is 0.352. The minimum atomic E-state index is 0.563. The number of anilines is 1. The topological polar surface area (TPSA) is 60.0 Å². The fourth-order valence-electron chi connectivity index (χ4n) is 3.60. The van der Waals surface area contributed by atoms with E-state index in [1.54, 1.807) is 12.6 Å². The molecular formula is C24H20ClN5O. The summed E-state index contributed by atoms with van der Waals surface area (Å²) < 4.78 is 7.63. The SMILES string of the molecule is Clc1ccc(CN(Cc2ccco2)c2ncn(Cc3ccccc3)c3ncnc2-3)cc1. The normalized spacial score (nSPS) is 11.1. The molecule has 7 heteroatoms. The van der Waals surface area contributed by atoms with Crippen LogP contribution in [0, 0.1) is 0 Å². The zero-order valence-electron chi connectivity index (χ0n) is 16.7. The number of rotatable bonds is 7. The van der Waals surface area contributed by atoms with Gasteiger partial charge < -0.3 is 13.9 Å². The Bertz CT molecular complexity index is 1220. The third-order valence-electron chi connectivity index (χ3n) is 5.09. The van der Waals surface area contributed by atoms with E-state index in [-0.39, 0.29) is 0 Å². The maximum absolute atomic E-state index is 6.07. The molecule has 0 bridgehead atoms. The molecule has 2 aromatic carbocycles. The van der Waals surface area contributed by atoms with Crippen LogP contribution in [0.25, 0.3) is 11.5 Å². The van der Waals surface area contributed by atoms with Crippen LogP contribution in [-0.2, 0) is 19.6 Å². The number of hydrogen-bond acceptors (Lipinski definition) is 5. The van der Waals surface area contributed by atoms with E-state index in [2.05, 4.69) is 27.0 Å². The van der Waals surface area contributed by atoms with Crippen LogP contribution in [0.5, 0.6) is 0 Å². The number of imidazole rings is 1. The molecule has 0 spiro atoms. The molecule has 0 radical (unpaired) electrons. The van der Waals surface area contributed by atoms with Gasteiger partial charge in [0.2, 0.25) is 0 Å². The standard InChI is InChI=1S/C24H20ClN5O/c25-20-10-8-19(9-11-20)13-29(15-21-7-4-12-31-21)24-22-23(27-16-26-22)30(17-28-24)14-18-5-2-1-3-6-18/h1-12,16-17H,13-15H2. The van der Waals surface area contributed by atoms with E-state index in [0.717, 1.165) is 28.7 Å². The number of hydrogen-bond donors (Lipinski definition) is 0. The monoisotopic (exact) mass is 429 g/mol. The van der Waals surface area contributed by atoms with Crippen molar-refractivity contribution in [3.63, 3.8) is 0 Å². The zero-order chi connectivity index (χ0) is 21.0. The minimum absolute atomic E-state index is 0.563. The molecule has 154 valence electrons. The van der Waals surface area contributed by atoms with Crippen molar-refractivity contribution >= 4 is 17.4 Å². The van der Waals surface area contributed by atoms with E-state index in [0.29, 0.717) is 24.7 Å². The van der Waals surface area contributed by atoms with Crippen molar-refractivity contribution in [2.75, 3.05) is 4.90 Å². The van der Waals surface area contributed by atoms with Gasteiger partial charge in [-0.05, 0) is 35.4 Å². The average Bonchev–Trinajstić information content (AvgIpc) is 3.48. The lowest BCUT2D eigenvalue weighted by Crippen LogP contribution is -2.25. The number of benzene rings is 2. The lowest BCUT2D eigenvalue weighted by atomic mass is 10.2. The van der Waals surface area contributed by atoms with Crippen molar-refractivity contribution in [2.24, 2.45) is 0 Å². The molecule has 2 aliphatic rings. The van der Waals surface area contributed by atoms with Crippen molar-refractivity contribution in [1.82, 2.24) is 19.5 Å². The second-order valence-corrected chi connectivity index (χ2v) is 7.73. The molecule has 2 aliphatic heterocycles. The number of aromatic nitrogens is 4. The lowest BCUT2D eigenvalue weighted by Gasteiger charge is -2.25. The van der Waals surface area contributed by atoms with Crippen LogP contribution in [0.3, 0.4) is 0 Å². The van der Waals surface area contributed by atoms with Gasteiger partial charge in [0.25, 0.3) is 0 Å². The molecule has 0 saturated carbocycles. The predicted molar refractivity (Wildman–Crippen MR) is 120 cm³/mol. The van der Waals surface area contributed by atoms with Gasteiger partial charge in [-0.25, -0.2) is 15.0 Å². The smallest absolute Gasteiger partial charge is 0.165 e. The summed E-state index contributed by atoms with van der Waals surface area (Å²) in [5.41, 5.74) is 3.06. The van der Waals surface area contributed by atoms with Gasteiger partial charge >= 0.3 is 0 Å². The van der Waals surface area contributed by atoms with Crippen LogP contribution in [0.2, 0.25) is 5.02 Å². The Morgan fingerprint density at radius 3 is 2.45 bits per heavy atom. The number of nitrogens with zero attached hydrogens (tertiary/aromatic N) is 5. The molecule has 0 atom stereocenters. The summed E-state index contributed by atoms with van der Waals surface area (Å²) in [4.78, 5) is 16.0. The molecule has 0 amide bonds. The minimum Gasteiger partial charge on any atom is -0.467 e. The highest BCUT2D eigenvalue weighted by atomic mass is 35.5. The van der Waals surface area contributed by atoms with Gasteiger partial charge in [-0.15, -0.1) is 0 Å². The molecule has 6 nitrogen and oxygen atoms in total. The Balaban J connectivity index is 1.50. The molecule has 0 saturated heterocycles. The maximum atomic E-state index is 6.07. The predicted octanol–water partition coefficient (Wildman–Crippen LogP) is 5.28. The molecular weight excluding hydrogens is 410 g/mol. The van der Waals surface area contributed by atoms with Gasteiger partial charge in [0.1, 0.15) is 12.1 Å². The van der Waals surface area contributed by atoms with Crippen LogP contribution < -0.4 is 4.90 Å². The van der Waals surface area contributed by atoms with Crippen LogP contribution in [0.1, 0.15) is 16.9 Å². The number of furan rings is 1. The summed E-state index contributed by atoms with van der Waals surface area (Å²) in [5.74, 6) is 2.42. The summed E-state index contributed by atoms with van der Waals surface area (Å²) >= 11 is 6.07. The third kappa shape index (κ3) is 4.29. The Kier molecular flexibility index (Phi) is 5.37. The molecule has 3 heterocycles. The van der Waals surface area contributed by atoms with Gasteiger partial charge in [-0.2, -0.15) is 0 Å². The van der Waals surface area contributed by atoms with Crippen LogP contribution in [0.4, 0.5) is 5.82 Å². The van der Waals surface area contributed by atoms with Gasteiger partial charge in [0, 0.05) is 11.6 Å². The van der Waals surface area contributed by atoms with E-state index in [1.165, 1.54) is 5.56 Å². The van der Waals surface area contributed by atoms with Crippen LogP contribution >= 0.6 is 11.6 Å². The fourth-order valence-corrected chi connectivity index (χ4v) is 3.73. The Hall–Kier alpha value is -3.64. The number of halogens is 1. The van der Waals surface area contributed by atoms with E-state index in [4.69, 9.17) is 21.0 Å². The average molecular weight is 430 g/mol. The second-order valence-electron chi connectivity index (χ2n) is 7.29. The molecule has 1 aromatic heterocycles. The van der Waals surface area contributed by atoms with Crippen LogP contribution in [-0.4, -0.2) is 19.5 Å². The van der Waals surface area contributed by atoms with Gasteiger partial charge in [0.15, 0.2) is 17.3 Å². The Morgan fingerprint density at radius 1 is 0.839 bits per heavy atom. The van der Waals surface area contributed by atoms with Gasteiger partial charge in [0.05, 0.1) is 25.7 Å². The lowest BCUT2D eigenvalue weighted by molar-refractivity contribution is 0.500. The summed E-state index contributed by atoms with van der Waals surface area (Å²) in [7, 11) is 0. The van der Waals surface area contributed by atoms with E-state index >= 15 is 0 Å². The Morgan fingerprint density at radius 2 is 1.68 bits per heavy atom. The molecule has 0 aliphatic carbocycles.